The average Bonchev–Trinajstić information content (AvgIpc) is 2.92. The van der Waals surface area contributed by atoms with Crippen molar-refractivity contribution in [1.82, 2.24) is 0 Å². The summed E-state index contributed by atoms with van der Waals surface area (Å²) in [5.41, 5.74) is 1.61. The van der Waals surface area contributed by atoms with E-state index in [0.29, 0.717) is 5.76 Å². The van der Waals surface area contributed by atoms with Crippen LogP contribution in [-0.2, 0) is 0 Å². The fourth-order valence-corrected chi connectivity index (χ4v) is 3.31. The lowest BCUT2D eigenvalue weighted by atomic mass is 10.2. The molecule has 78 valence electrons. The second-order valence-corrected chi connectivity index (χ2v) is 5.41. The molecule has 0 unspecified atom stereocenters. The molecule has 16 heavy (non-hydrogen) atoms. The van der Waals surface area contributed by atoms with Crippen LogP contribution in [0.3, 0.4) is 0 Å². The molecular formula is C11H3I2NO2. The lowest BCUT2D eigenvalue weighted by molar-refractivity contribution is 0.597. The molecule has 5 heteroatoms. The maximum Gasteiger partial charge on any atom is 0.204 e. The molecule has 0 N–H and O–H groups in total. The van der Waals surface area contributed by atoms with Crippen molar-refractivity contribution in [3.8, 4) is 6.07 Å². The highest BCUT2D eigenvalue weighted by molar-refractivity contribution is 14.1. The molecule has 3 aromatic rings. The number of nitriles is 1. The fraction of sp³-hybridized carbons (Fsp3) is 0. The maximum atomic E-state index is 8.84. The Morgan fingerprint density at radius 2 is 1.88 bits per heavy atom. The summed E-state index contributed by atoms with van der Waals surface area (Å²) in [6.45, 7) is 0. The molecule has 0 aliphatic carbocycles. The Bertz CT molecular complexity index is 695. The van der Waals surface area contributed by atoms with Crippen molar-refractivity contribution < 1.29 is 8.83 Å². The topological polar surface area (TPSA) is 50.1 Å². The van der Waals surface area contributed by atoms with E-state index in [1.54, 1.807) is 12.3 Å². The summed E-state index contributed by atoms with van der Waals surface area (Å²) in [5.74, 6) is 0.332. The van der Waals surface area contributed by atoms with Crippen LogP contribution in [-0.4, -0.2) is 0 Å². The third kappa shape index (κ3) is 1.29. The highest BCUT2D eigenvalue weighted by Gasteiger charge is 2.17. The van der Waals surface area contributed by atoms with Gasteiger partial charge in [-0.2, -0.15) is 5.26 Å². The van der Waals surface area contributed by atoms with Crippen LogP contribution in [0.5, 0.6) is 0 Å². The van der Waals surface area contributed by atoms with E-state index in [0.717, 1.165) is 29.1 Å². The van der Waals surface area contributed by atoms with Gasteiger partial charge in [0.05, 0.1) is 13.4 Å². The number of benzene rings is 1. The normalized spacial score (nSPS) is 11.1. The van der Waals surface area contributed by atoms with Crippen molar-refractivity contribution >= 4 is 67.1 Å². The predicted molar refractivity (Wildman–Crippen MR) is 76.1 cm³/mol. The minimum Gasteiger partial charge on any atom is -0.463 e. The first-order valence-electron chi connectivity index (χ1n) is 4.40. The summed E-state index contributed by atoms with van der Waals surface area (Å²) < 4.78 is 12.9. The molecule has 0 saturated heterocycles. The van der Waals surface area contributed by atoms with Crippen LogP contribution in [0.25, 0.3) is 21.9 Å². The zero-order valence-electron chi connectivity index (χ0n) is 7.75. The Hall–Kier alpha value is -0.750. The van der Waals surface area contributed by atoms with Gasteiger partial charge in [-0.3, -0.25) is 0 Å². The second kappa shape index (κ2) is 3.63. The van der Waals surface area contributed by atoms with E-state index in [1.807, 2.05) is 12.1 Å². The van der Waals surface area contributed by atoms with Crippen molar-refractivity contribution in [3.05, 3.63) is 31.3 Å². The van der Waals surface area contributed by atoms with Crippen molar-refractivity contribution in [2.45, 2.75) is 0 Å². The van der Waals surface area contributed by atoms with E-state index in [1.165, 1.54) is 0 Å². The number of hydrogen-bond donors (Lipinski definition) is 0. The zero-order chi connectivity index (χ0) is 11.3. The third-order valence-electron chi connectivity index (χ3n) is 2.38. The molecule has 3 nitrogen and oxygen atoms in total. The van der Waals surface area contributed by atoms with Gasteiger partial charge in [-0.25, -0.2) is 0 Å². The Balaban J connectivity index is 2.62. The Labute approximate surface area is 118 Å². The minimum absolute atomic E-state index is 0.332. The van der Waals surface area contributed by atoms with Crippen LogP contribution in [0.15, 0.2) is 27.2 Å². The molecule has 0 aliphatic heterocycles. The highest BCUT2D eigenvalue weighted by Crippen LogP contribution is 2.36. The quantitative estimate of drug-likeness (QED) is 0.497. The van der Waals surface area contributed by atoms with Gasteiger partial charge in [0.25, 0.3) is 0 Å². The van der Waals surface area contributed by atoms with E-state index < -0.39 is 0 Å². The van der Waals surface area contributed by atoms with Gasteiger partial charge in [0.1, 0.15) is 11.7 Å². The number of fused-ring (bicyclic) bond motifs is 2. The fourth-order valence-electron chi connectivity index (χ4n) is 1.67. The lowest BCUT2D eigenvalue weighted by Gasteiger charge is -1.98. The van der Waals surface area contributed by atoms with E-state index in [9.17, 15) is 0 Å². The summed E-state index contributed by atoms with van der Waals surface area (Å²) >= 11 is 4.43. The van der Waals surface area contributed by atoms with Gasteiger partial charge in [-0.1, -0.05) is 0 Å². The van der Waals surface area contributed by atoms with Crippen molar-refractivity contribution in [3.63, 3.8) is 0 Å². The molecular weight excluding hydrogens is 432 g/mol. The van der Waals surface area contributed by atoms with E-state index in [2.05, 4.69) is 45.2 Å². The Morgan fingerprint density at radius 1 is 1.12 bits per heavy atom. The van der Waals surface area contributed by atoms with Crippen LogP contribution in [0, 0.1) is 18.5 Å². The number of halogens is 2. The van der Waals surface area contributed by atoms with Crippen LogP contribution in [0.1, 0.15) is 5.76 Å². The Morgan fingerprint density at radius 3 is 2.62 bits per heavy atom. The van der Waals surface area contributed by atoms with Crippen LogP contribution in [0.4, 0.5) is 0 Å². The van der Waals surface area contributed by atoms with Crippen LogP contribution < -0.4 is 0 Å². The molecule has 0 aliphatic rings. The number of furan rings is 2. The number of rotatable bonds is 0. The van der Waals surface area contributed by atoms with Gasteiger partial charge in [-0.15, -0.1) is 0 Å². The van der Waals surface area contributed by atoms with E-state index in [-0.39, 0.29) is 0 Å². The molecule has 1 aromatic carbocycles. The van der Waals surface area contributed by atoms with E-state index in [4.69, 9.17) is 14.1 Å². The van der Waals surface area contributed by atoms with Crippen molar-refractivity contribution in [1.29, 1.82) is 5.26 Å². The second-order valence-electron chi connectivity index (χ2n) is 3.26. The first-order chi connectivity index (χ1) is 7.72. The largest absolute Gasteiger partial charge is 0.463 e. The van der Waals surface area contributed by atoms with Gasteiger partial charge in [0, 0.05) is 16.8 Å². The van der Waals surface area contributed by atoms with Gasteiger partial charge in [0.2, 0.25) is 5.76 Å². The first kappa shape index (κ1) is 10.4. The molecule has 3 rings (SSSR count). The molecule has 0 radical (unpaired) electrons. The summed E-state index contributed by atoms with van der Waals surface area (Å²) in [5, 5.41) is 10.8. The van der Waals surface area contributed by atoms with Gasteiger partial charge in [-0.05, 0) is 51.2 Å². The molecule has 2 aromatic heterocycles. The first-order valence-corrected chi connectivity index (χ1v) is 6.56. The van der Waals surface area contributed by atoms with Crippen molar-refractivity contribution in [2.75, 3.05) is 0 Å². The van der Waals surface area contributed by atoms with Crippen LogP contribution in [0.2, 0.25) is 0 Å². The summed E-state index contributed by atoms with van der Waals surface area (Å²) in [7, 11) is 0. The molecule has 0 spiro atoms. The SMILES string of the molecule is N#Cc1cc2c(I)c3occc3c(I)c2o1. The number of hydrogen-bond acceptors (Lipinski definition) is 3. The van der Waals surface area contributed by atoms with E-state index >= 15 is 0 Å². The third-order valence-corrected chi connectivity index (χ3v) is 4.52. The van der Waals surface area contributed by atoms with Gasteiger partial charge >= 0.3 is 0 Å². The summed E-state index contributed by atoms with van der Waals surface area (Å²) in [6.07, 6.45) is 1.67. The molecule has 0 amide bonds. The van der Waals surface area contributed by atoms with Crippen LogP contribution >= 0.6 is 45.2 Å². The molecule has 2 heterocycles. The lowest BCUT2D eigenvalue weighted by Crippen LogP contribution is -1.80. The zero-order valence-corrected chi connectivity index (χ0v) is 12.1. The molecule has 0 bridgehead atoms. The predicted octanol–water partition coefficient (Wildman–Crippen LogP) is 4.26. The molecule has 0 saturated carbocycles. The molecule has 0 fully saturated rings. The Kier molecular flexibility index (Phi) is 2.36. The molecule has 0 atom stereocenters. The smallest absolute Gasteiger partial charge is 0.204 e. The summed E-state index contributed by atoms with van der Waals surface area (Å²) in [6, 6.07) is 5.67. The summed E-state index contributed by atoms with van der Waals surface area (Å²) in [4.78, 5) is 0. The highest BCUT2D eigenvalue weighted by atomic mass is 127. The monoisotopic (exact) mass is 435 g/mol. The van der Waals surface area contributed by atoms with Gasteiger partial charge in [0.15, 0.2) is 5.58 Å². The average molecular weight is 435 g/mol. The van der Waals surface area contributed by atoms with Crippen molar-refractivity contribution in [2.24, 2.45) is 0 Å². The maximum absolute atomic E-state index is 8.84. The standard InChI is InChI=1S/C11H3I2NO2/c12-8-6-1-2-15-10(6)9(13)7-3-5(4-14)16-11(7)8/h1-3H. The minimum atomic E-state index is 0.332. The number of nitrogens with zero attached hydrogens (tertiary/aromatic N) is 1. The van der Waals surface area contributed by atoms with Gasteiger partial charge < -0.3 is 8.83 Å².